The average molecular weight is 336 g/mol. The highest BCUT2D eigenvalue weighted by Gasteiger charge is 2.21. The average Bonchev–Trinajstić information content (AvgIpc) is 2.44. The van der Waals surface area contributed by atoms with Crippen molar-refractivity contribution in [3.63, 3.8) is 0 Å². The lowest BCUT2D eigenvalue weighted by Crippen LogP contribution is -2.43. The SMILES string of the molecule is CC(C)CC(C)(N)COc1ccc(-c2cc(=O)[nH]cn2)cc1Cl. The van der Waals surface area contributed by atoms with Crippen molar-refractivity contribution in [2.24, 2.45) is 11.7 Å². The van der Waals surface area contributed by atoms with Crippen LogP contribution in [-0.2, 0) is 0 Å². The summed E-state index contributed by atoms with van der Waals surface area (Å²) in [6.45, 7) is 6.60. The summed E-state index contributed by atoms with van der Waals surface area (Å²) in [6, 6.07) is 6.74. The maximum atomic E-state index is 11.3. The molecule has 0 amide bonds. The summed E-state index contributed by atoms with van der Waals surface area (Å²) in [5, 5.41) is 0.463. The van der Waals surface area contributed by atoms with Crippen molar-refractivity contribution in [1.82, 2.24) is 9.97 Å². The first-order valence-corrected chi connectivity index (χ1v) is 7.91. The summed E-state index contributed by atoms with van der Waals surface area (Å²) in [5.41, 5.74) is 6.93. The Hall–Kier alpha value is -1.85. The van der Waals surface area contributed by atoms with Crippen LogP contribution in [0.1, 0.15) is 27.2 Å². The normalized spacial score (nSPS) is 13.8. The zero-order valence-corrected chi connectivity index (χ0v) is 14.4. The number of hydrogen-bond donors (Lipinski definition) is 2. The lowest BCUT2D eigenvalue weighted by molar-refractivity contribution is 0.207. The van der Waals surface area contributed by atoms with Crippen LogP contribution in [0, 0.1) is 5.92 Å². The molecule has 0 aliphatic carbocycles. The van der Waals surface area contributed by atoms with Crippen LogP contribution in [0.3, 0.4) is 0 Å². The molecule has 3 N–H and O–H groups in total. The summed E-state index contributed by atoms with van der Waals surface area (Å²) < 4.78 is 5.77. The van der Waals surface area contributed by atoms with E-state index in [2.05, 4.69) is 23.8 Å². The van der Waals surface area contributed by atoms with E-state index in [9.17, 15) is 4.79 Å². The summed E-state index contributed by atoms with van der Waals surface area (Å²) in [4.78, 5) is 18.0. The predicted octanol–water partition coefficient (Wildman–Crippen LogP) is 3.23. The van der Waals surface area contributed by atoms with Gasteiger partial charge in [0.05, 0.1) is 17.0 Å². The van der Waals surface area contributed by atoms with Crippen LogP contribution in [0.25, 0.3) is 11.3 Å². The fourth-order valence-corrected chi connectivity index (χ4v) is 2.77. The predicted molar refractivity (Wildman–Crippen MR) is 92.8 cm³/mol. The quantitative estimate of drug-likeness (QED) is 0.849. The molecule has 1 unspecified atom stereocenters. The van der Waals surface area contributed by atoms with Crippen molar-refractivity contribution >= 4 is 11.6 Å². The summed E-state index contributed by atoms with van der Waals surface area (Å²) in [7, 11) is 0. The molecule has 124 valence electrons. The zero-order chi connectivity index (χ0) is 17.0. The van der Waals surface area contributed by atoms with Crippen LogP contribution in [0.2, 0.25) is 5.02 Å². The van der Waals surface area contributed by atoms with Gasteiger partial charge in [-0.25, -0.2) is 4.98 Å². The second-order valence-corrected chi connectivity index (χ2v) is 6.89. The Balaban J connectivity index is 2.12. The molecule has 0 saturated carbocycles. The molecule has 0 radical (unpaired) electrons. The molecular formula is C17H22ClN3O2. The minimum absolute atomic E-state index is 0.209. The number of rotatable bonds is 6. The zero-order valence-electron chi connectivity index (χ0n) is 13.6. The summed E-state index contributed by atoms with van der Waals surface area (Å²) in [6.07, 6.45) is 2.22. The van der Waals surface area contributed by atoms with E-state index in [4.69, 9.17) is 22.1 Å². The Kier molecular flexibility index (Phi) is 5.44. The van der Waals surface area contributed by atoms with Crippen molar-refractivity contribution < 1.29 is 4.74 Å². The summed E-state index contributed by atoms with van der Waals surface area (Å²) >= 11 is 6.27. The monoisotopic (exact) mass is 335 g/mol. The van der Waals surface area contributed by atoms with Gasteiger partial charge in [0.1, 0.15) is 12.4 Å². The van der Waals surface area contributed by atoms with E-state index in [1.807, 2.05) is 13.0 Å². The van der Waals surface area contributed by atoms with E-state index in [-0.39, 0.29) is 5.56 Å². The van der Waals surface area contributed by atoms with Crippen molar-refractivity contribution in [3.05, 3.63) is 46.0 Å². The highest BCUT2D eigenvalue weighted by molar-refractivity contribution is 6.32. The van der Waals surface area contributed by atoms with Gasteiger partial charge in [0, 0.05) is 17.2 Å². The number of nitrogens with two attached hydrogens (primary N) is 1. The molecule has 1 atom stereocenters. The number of hydrogen-bond acceptors (Lipinski definition) is 4. The Morgan fingerprint density at radius 1 is 1.39 bits per heavy atom. The van der Waals surface area contributed by atoms with Crippen LogP contribution in [0.5, 0.6) is 5.75 Å². The van der Waals surface area contributed by atoms with Gasteiger partial charge in [0.25, 0.3) is 5.56 Å². The van der Waals surface area contributed by atoms with Gasteiger partial charge in [0.2, 0.25) is 0 Å². The molecule has 0 fully saturated rings. The number of H-pyrrole nitrogens is 1. The van der Waals surface area contributed by atoms with Crippen LogP contribution < -0.4 is 16.0 Å². The highest BCUT2D eigenvalue weighted by atomic mass is 35.5. The number of ether oxygens (including phenoxy) is 1. The summed E-state index contributed by atoms with van der Waals surface area (Å²) in [5.74, 6) is 1.06. The molecule has 0 bridgehead atoms. The minimum atomic E-state index is -0.412. The lowest BCUT2D eigenvalue weighted by Gasteiger charge is -2.26. The lowest BCUT2D eigenvalue weighted by atomic mass is 9.93. The third-order valence-corrected chi connectivity index (χ3v) is 3.63. The number of aromatic amines is 1. The third-order valence-electron chi connectivity index (χ3n) is 3.34. The van der Waals surface area contributed by atoms with E-state index in [1.54, 1.807) is 12.1 Å². The van der Waals surface area contributed by atoms with Crippen LogP contribution in [-0.4, -0.2) is 22.1 Å². The number of halogens is 1. The van der Waals surface area contributed by atoms with Crippen LogP contribution in [0.4, 0.5) is 0 Å². The molecule has 1 aromatic carbocycles. The molecule has 0 spiro atoms. The fourth-order valence-electron chi connectivity index (χ4n) is 2.54. The molecule has 2 aromatic rings. The first-order chi connectivity index (χ1) is 10.8. The van der Waals surface area contributed by atoms with Crippen LogP contribution in [0.15, 0.2) is 35.4 Å². The first kappa shape index (κ1) is 17.5. The Labute approximate surface area is 140 Å². The maximum Gasteiger partial charge on any atom is 0.251 e. The van der Waals surface area contributed by atoms with Crippen molar-refractivity contribution in [2.45, 2.75) is 32.7 Å². The molecule has 0 aliphatic heterocycles. The van der Waals surface area contributed by atoms with E-state index >= 15 is 0 Å². The van der Waals surface area contributed by atoms with Gasteiger partial charge in [-0.1, -0.05) is 25.4 Å². The molecule has 23 heavy (non-hydrogen) atoms. The maximum absolute atomic E-state index is 11.3. The molecular weight excluding hydrogens is 314 g/mol. The molecule has 1 aromatic heterocycles. The number of aromatic nitrogens is 2. The van der Waals surface area contributed by atoms with Gasteiger partial charge in [-0.3, -0.25) is 4.79 Å². The Morgan fingerprint density at radius 2 is 2.13 bits per heavy atom. The second kappa shape index (κ2) is 7.15. The van der Waals surface area contributed by atoms with Gasteiger partial charge in [0.15, 0.2) is 0 Å². The van der Waals surface area contributed by atoms with Gasteiger partial charge < -0.3 is 15.5 Å². The first-order valence-electron chi connectivity index (χ1n) is 7.53. The van der Waals surface area contributed by atoms with E-state index < -0.39 is 5.54 Å². The molecule has 1 heterocycles. The number of nitrogens with one attached hydrogen (secondary N) is 1. The molecule has 5 nitrogen and oxygen atoms in total. The molecule has 0 aliphatic rings. The van der Waals surface area contributed by atoms with Crippen molar-refractivity contribution in [2.75, 3.05) is 6.61 Å². The fraction of sp³-hybridized carbons (Fsp3) is 0.412. The number of benzene rings is 1. The van der Waals surface area contributed by atoms with E-state index in [0.717, 1.165) is 12.0 Å². The molecule has 2 rings (SSSR count). The molecule has 6 heteroatoms. The third kappa shape index (κ3) is 5.08. The van der Waals surface area contributed by atoms with Crippen molar-refractivity contribution in [3.8, 4) is 17.0 Å². The van der Waals surface area contributed by atoms with Gasteiger partial charge in [-0.05, 0) is 37.5 Å². The standard InChI is InChI=1S/C17H22ClN3O2/c1-11(2)8-17(3,19)9-23-15-5-4-12(6-13(15)18)14-7-16(22)21-10-20-14/h4-7,10-11H,8-9,19H2,1-3H3,(H,20,21,22). The highest BCUT2D eigenvalue weighted by Crippen LogP contribution is 2.30. The van der Waals surface area contributed by atoms with E-state index in [1.165, 1.54) is 12.4 Å². The largest absolute Gasteiger partial charge is 0.490 e. The van der Waals surface area contributed by atoms with Gasteiger partial charge >= 0.3 is 0 Å². The Morgan fingerprint density at radius 3 is 2.74 bits per heavy atom. The van der Waals surface area contributed by atoms with Gasteiger partial charge in [-0.2, -0.15) is 0 Å². The van der Waals surface area contributed by atoms with Crippen LogP contribution >= 0.6 is 11.6 Å². The second-order valence-electron chi connectivity index (χ2n) is 6.48. The van der Waals surface area contributed by atoms with E-state index in [0.29, 0.717) is 29.0 Å². The molecule has 0 saturated heterocycles. The topological polar surface area (TPSA) is 81.0 Å². The Bertz CT molecular complexity index is 726. The smallest absolute Gasteiger partial charge is 0.251 e. The number of nitrogens with zero attached hydrogens (tertiary/aromatic N) is 1. The van der Waals surface area contributed by atoms with Crippen molar-refractivity contribution in [1.29, 1.82) is 0 Å². The minimum Gasteiger partial charge on any atom is -0.490 e. The van der Waals surface area contributed by atoms with Gasteiger partial charge in [-0.15, -0.1) is 0 Å².